The molecule has 0 fully saturated rings. The first kappa shape index (κ1) is 18.5. The van der Waals surface area contributed by atoms with Crippen LogP contribution in [0.3, 0.4) is 0 Å². The summed E-state index contributed by atoms with van der Waals surface area (Å²) in [4.78, 5) is 27.7. The van der Waals surface area contributed by atoms with Crippen molar-refractivity contribution in [3.63, 3.8) is 0 Å². The van der Waals surface area contributed by atoms with Gasteiger partial charge in [0.05, 0.1) is 0 Å². The zero-order chi connectivity index (χ0) is 19.7. The molecule has 3 N–H and O–H groups in total. The summed E-state index contributed by atoms with van der Waals surface area (Å²) in [5, 5.41) is 22.8. The fraction of sp³-hybridized carbons (Fsp3) is 0.0556. The molecule has 3 aromatic rings. The molecule has 2 heterocycles. The highest BCUT2D eigenvalue weighted by molar-refractivity contribution is 7.15. The number of halogens is 2. The number of nitrogens with one attached hydrogen (secondary N) is 1. The number of carbonyl (C=O) groups excluding carboxylic acids is 1. The van der Waals surface area contributed by atoms with Gasteiger partial charge in [0.1, 0.15) is 16.3 Å². The van der Waals surface area contributed by atoms with Gasteiger partial charge in [0, 0.05) is 22.7 Å². The number of carbonyl (C=O) groups is 2. The van der Waals surface area contributed by atoms with Gasteiger partial charge in [-0.1, -0.05) is 12.1 Å². The molecule has 0 aliphatic carbocycles. The summed E-state index contributed by atoms with van der Waals surface area (Å²) >= 11 is 0.836. The number of rotatable bonds is 4. The second-order valence-electron chi connectivity index (χ2n) is 5.54. The van der Waals surface area contributed by atoms with Crippen molar-refractivity contribution < 1.29 is 28.6 Å². The van der Waals surface area contributed by atoms with Gasteiger partial charge in [0.25, 0.3) is 5.91 Å². The summed E-state index contributed by atoms with van der Waals surface area (Å²) in [6, 6.07) is 5.29. The van der Waals surface area contributed by atoms with Crippen LogP contribution in [0, 0.1) is 18.6 Å². The van der Waals surface area contributed by atoms with Crippen LogP contribution in [-0.2, 0) is 0 Å². The molecule has 3 rings (SSSR count). The smallest absolute Gasteiger partial charge is 0.339 e. The maximum Gasteiger partial charge on any atom is 0.339 e. The molecule has 1 amide bonds. The Balaban J connectivity index is 2.05. The molecular weight excluding hydrogens is 378 g/mol. The maximum atomic E-state index is 14.3. The fourth-order valence-corrected chi connectivity index (χ4v) is 3.40. The van der Waals surface area contributed by atoms with E-state index in [1.807, 2.05) is 0 Å². The van der Waals surface area contributed by atoms with Crippen molar-refractivity contribution in [2.45, 2.75) is 6.92 Å². The number of benzene rings is 1. The van der Waals surface area contributed by atoms with E-state index in [2.05, 4.69) is 10.3 Å². The Morgan fingerprint density at radius 2 is 1.89 bits per heavy atom. The second-order valence-corrected chi connectivity index (χ2v) is 6.42. The van der Waals surface area contributed by atoms with Gasteiger partial charge in [-0.3, -0.25) is 4.79 Å². The van der Waals surface area contributed by atoms with E-state index in [-0.39, 0.29) is 38.7 Å². The average molecular weight is 390 g/mol. The topological polar surface area (TPSA) is 99.5 Å². The SMILES string of the molecule is Cc1ccc(-c2csc(NC(=O)c3ncccc3O)c2C(=O)O)c(F)c1F. The van der Waals surface area contributed by atoms with E-state index < -0.39 is 23.5 Å². The highest BCUT2D eigenvalue weighted by Gasteiger charge is 2.25. The maximum absolute atomic E-state index is 14.3. The van der Waals surface area contributed by atoms with Crippen molar-refractivity contribution in [2.24, 2.45) is 0 Å². The van der Waals surface area contributed by atoms with Gasteiger partial charge < -0.3 is 15.5 Å². The molecule has 0 aliphatic rings. The van der Waals surface area contributed by atoms with Gasteiger partial charge >= 0.3 is 5.97 Å². The Kier molecular flexibility index (Phi) is 4.87. The van der Waals surface area contributed by atoms with Gasteiger partial charge in [0.15, 0.2) is 17.3 Å². The van der Waals surface area contributed by atoms with Crippen LogP contribution >= 0.6 is 11.3 Å². The molecule has 138 valence electrons. The monoisotopic (exact) mass is 390 g/mol. The minimum atomic E-state index is -1.42. The molecule has 2 aromatic heterocycles. The molecule has 0 saturated carbocycles. The summed E-state index contributed by atoms with van der Waals surface area (Å²) in [6.07, 6.45) is 1.29. The highest BCUT2D eigenvalue weighted by Crippen LogP contribution is 2.38. The van der Waals surface area contributed by atoms with E-state index in [4.69, 9.17) is 0 Å². The molecular formula is C18H12F2N2O4S. The number of anilines is 1. The molecule has 9 heteroatoms. The van der Waals surface area contributed by atoms with Crippen LogP contribution in [-0.4, -0.2) is 27.1 Å². The third-order valence-electron chi connectivity index (χ3n) is 3.80. The third-order valence-corrected chi connectivity index (χ3v) is 4.69. The summed E-state index contributed by atoms with van der Waals surface area (Å²) in [5.74, 6) is -4.88. The molecule has 0 aliphatic heterocycles. The predicted molar refractivity (Wildman–Crippen MR) is 95.2 cm³/mol. The fourth-order valence-electron chi connectivity index (χ4n) is 2.45. The number of thiophene rings is 1. The Morgan fingerprint density at radius 1 is 1.15 bits per heavy atom. The van der Waals surface area contributed by atoms with Crippen LogP contribution in [0.2, 0.25) is 0 Å². The van der Waals surface area contributed by atoms with Crippen molar-refractivity contribution >= 4 is 28.2 Å². The first-order valence-electron chi connectivity index (χ1n) is 7.56. The second kappa shape index (κ2) is 7.12. The Labute approximate surface area is 155 Å². The number of aromatic nitrogens is 1. The zero-order valence-electron chi connectivity index (χ0n) is 13.8. The number of amides is 1. The third kappa shape index (κ3) is 3.36. The van der Waals surface area contributed by atoms with Crippen LogP contribution in [0.15, 0.2) is 35.8 Å². The lowest BCUT2D eigenvalue weighted by Gasteiger charge is -2.08. The van der Waals surface area contributed by atoms with Crippen molar-refractivity contribution in [2.75, 3.05) is 5.32 Å². The number of aromatic hydroxyl groups is 1. The van der Waals surface area contributed by atoms with Crippen molar-refractivity contribution in [3.05, 3.63) is 64.3 Å². The van der Waals surface area contributed by atoms with Crippen LogP contribution in [0.1, 0.15) is 26.4 Å². The molecule has 0 saturated heterocycles. The van der Waals surface area contributed by atoms with Crippen molar-refractivity contribution in [3.8, 4) is 16.9 Å². The van der Waals surface area contributed by atoms with Gasteiger partial charge in [-0.25, -0.2) is 18.6 Å². The van der Waals surface area contributed by atoms with Crippen LogP contribution in [0.5, 0.6) is 5.75 Å². The zero-order valence-corrected chi connectivity index (χ0v) is 14.6. The number of aryl methyl sites for hydroxylation is 1. The average Bonchev–Trinajstić information content (AvgIpc) is 3.03. The van der Waals surface area contributed by atoms with E-state index in [0.717, 1.165) is 11.3 Å². The quantitative estimate of drug-likeness (QED) is 0.624. The molecule has 1 aromatic carbocycles. The van der Waals surface area contributed by atoms with E-state index in [1.54, 1.807) is 0 Å². The minimum Gasteiger partial charge on any atom is -0.505 e. The lowest BCUT2D eigenvalue weighted by molar-refractivity contribution is 0.0699. The number of pyridine rings is 1. The molecule has 27 heavy (non-hydrogen) atoms. The van der Waals surface area contributed by atoms with E-state index in [0.29, 0.717) is 0 Å². The summed E-state index contributed by atoms with van der Waals surface area (Å²) < 4.78 is 28.2. The molecule has 0 radical (unpaired) electrons. The minimum absolute atomic E-state index is 0.0653. The van der Waals surface area contributed by atoms with Crippen LogP contribution in [0.4, 0.5) is 13.8 Å². The standard InChI is InChI=1S/C18H12F2N2O4S/c1-8-4-5-9(14(20)13(8)19)10-7-27-17(12(10)18(25)26)22-16(24)15-11(23)3-2-6-21-15/h2-7,23H,1H3,(H,22,24)(H,25,26). The first-order chi connectivity index (χ1) is 12.8. The van der Waals surface area contributed by atoms with E-state index >= 15 is 0 Å². The lowest BCUT2D eigenvalue weighted by atomic mass is 10.0. The van der Waals surface area contributed by atoms with Crippen molar-refractivity contribution in [1.29, 1.82) is 0 Å². The molecule has 6 nitrogen and oxygen atoms in total. The van der Waals surface area contributed by atoms with Crippen LogP contribution in [0.25, 0.3) is 11.1 Å². The molecule has 0 spiro atoms. The Hall–Kier alpha value is -3.33. The summed E-state index contributed by atoms with van der Waals surface area (Å²) in [5.41, 5.74) is -0.887. The molecule has 0 atom stereocenters. The first-order valence-corrected chi connectivity index (χ1v) is 8.44. The number of carboxylic acids is 1. The number of carboxylic acid groups (broad SMARTS) is 1. The van der Waals surface area contributed by atoms with Gasteiger partial charge in [-0.15, -0.1) is 11.3 Å². The predicted octanol–water partition coefficient (Wildman–Crippen LogP) is 4.05. The van der Waals surface area contributed by atoms with Crippen LogP contribution < -0.4 is 5.32 Å². The number of hydrogen-bond donors (Lipinski definition) is 3. The highest BCUT2D eigenvalue weighted by atomic mass is 32.1. The Bertz CT molecular complexity index is 1070. The van der Waals surface area contributed by atoms with Gasteiger partial charge in [0.2, 0.25) is 0 Å². The number of aromatic carboxylic acids is 1. The lowest BCUT2D eigenvalue weighted by Crippen LogP contribution is -2.15. The molecule has 0 unspecified atom stereocenters. The normalized spacial score (nSPS) is 10.6. The molecule has 0 bridgehead atoms. The summed E-state index contributed by atoms with van der Waals surface area (Å²) in [7, 11) is 0. The van der Waals surface area contributed by atoms with E-state index in [1.165, 1.54) is 42.8 Å². The number of nitrogens with zero attached hydrogens (tertiary/aromatic N) is 1. The van der Waals surface area contributed by atoms with Gasteiger partial charge in [-0.2, -0.15) is 0 Å². The van der Waals surface area contributed by atoms with E-state index in [9.17, 15) is 28.6 Å². The largest absolute Gasteiger partial charge is 0.505 e. The van der Waals surface area contributed by atoms with Gasteiger partial charge in [-0.05, 0) is 24.6 Å². The van der Waals surface area contributed by atoms with Crippen molar-refractivity contribution in [1.82, 2.24) is 4.98 Å². The Morgan fingerprint density at radius 3 is 2.56 bits per heavy atom. The number of hydrogen-bond acceptors (Lipinski definition) is 5. The summed E-state index contributed by atoms with van der Waals surface area (Å²) in [6.45, 7) is 1.39.